The first-order valence-corrected chi connectivity index (χ1v) is 9.94. The van der Waals surface area contributed by atoms with Gasteiger partial charge >= 0.3 is 0 Å². The van der Waals surface area contributed by atoms with Crippen LogP contribution in [0, 0.1) is 5.92 Å². The summed E-state index contributed by atoms with van der Waals surface area (Å²) in [5.74, 6) is -0.942. The largest absolute Gasteiger partial charge is 0.364 e. The summed E-state index contributed by atoms with van der Waals surface area (Å²) in [6.45, 7) is 3.90. The van der Waals surface area contributed by atoms with E-state index in [9.17, 15) is 14.4 Å². The lowest BCUT2D eigenvalue weighted by Gasteiger charge is -2.19. The number of aromatic nitrogens is 2. The number of nitrogens with zero attached hydrogens (tertiary/aromatic N) is 2. The maximum atomic E-state index is 13.0. The van der Waals surface area contributed by atoms with Crippen LogP contribution in [-0.4, -0.2) is 27.5 Å². The number of carbonyl (C=O) groups is 3. The highest BCUT2D eigenvalue weighted by Crippen LogP contribution is 2.18. The highest BCUT2D eigenvalue weighted by molar-refractivity contribution is 5.98. The number of carbonyl (C=O) groups excluding carboxylic acids is 3. The van der Waals surface area contributed by atoms with E-state index in [1.54, 1.807) is 42.6 Å². The third-order valence-electron chi connectivity index (χ3n) is 4.53. The SMILES string of the molecule is CC(C)CC(=O)NC(C(=O)Nc1ccc(-n2ccc(C(N)=O)n2)cc1)c1ccccc1. The second kappa shape index (κ2) is 9.71. The second-order valence-electron chi connectivity index (χ2n) is 7.56. The van der Waals surface area contributed by atoms with Crippen LogP contribution >= 0.6 is 0 Å². The van der Waals surface area contributed by atoms with Gasteiger partial charge in [-0.1, -0.05) is 44.2 Å². The molecule has 3 amide bonds. The number of anilines is 1. The van der Waals surface area contributed by atoms with E-state index in [0.29, 0.717) is 23.4 Å². The number of rotatable bonds is 8. The summed E-state index contributed by atoms with van der Waals surface area (Å²) >= 11 is 0. The highest BCUT2D eigenvalue weighted by atomic mass is 16.2. The third kappa shape index (κ3) is 5.79. The molecule has 8 nitrogen and oxygen atoms in total. The summed E-state index contributed by atoms with van der Waals surface area (Å²) in [4.78, 5) is 36.5. The molecule has 0 saturated heterocycles. The van der Waals surface area contributed by atoms with Gasteiger partial charge in [0.05, 0.1) is 5.69 Å². The van der Waals surface area contributed by atoms with Crippen molar-refractivity contribution in [2.24, 2.45) is 11.7 Å². The van der Waals surface area contributed by atoms with Crippen LogP contribution in [0.2, 0.25) is 0 Å². The van der Waals surface area contributed by atoms with Crippen LogP contribution in [-0.2, 0) is 9.59 Å². The Labute approximate surface area is 180 Å². The van der Waals surface area contributed by atoms with E-state index in [2.05, 4.69) is 15.7 Å². The van der Waals surface area contributed by atoms with E-state index in [-0.39, 0.29) is 23.4 Å². The average molecular weight is 419 g/mol. The number of hydrogen-bond acceptors (Lipinski definition) is 4. The molecule has 4 N–H and O–H groups in total. The zero-order chi connectivity index (χ0) is 22.4. The number of benzene rings is 2. The molecular weight excluding hydrogens is 394 g/mol. The van der Waals surface area contributed by atoms with Crippen LogP contribution in [0.5, 0.6) is 0 Å². The molecular formula is C23H25N5O3. The van der Waals surface area contributed by atoms with E-state index in [1.807, 2.05) is 32.0 Å². The molecule has 1 aromatic heterocycles. The molecule has 160 valence electrons. The summed E-state index contributed by atoms with van der Waals surface area (Å²) in [6, 6.07) is 16.8. The van der Waals surface area contributed by atoms with Gasteiger partial charge in [0.25, 0.3) is 11.8 Å². The molecule has 0 radical (unpaired) electrons. The van der Waals surface area contributed by atoms with Crippen LogP contribution in [0.3, 0.4) is 0 Å². The topological polar surface area (TPSA) is 119 Å². The Hall–Kier alpha value is -3.94. The van der Waals surface area contributed by atoms with Crippen molar-refractivity contribution in [1.29, 1.82) is 0 Å². The van der Waals surface area contributed by atoms with Crippen molar-refractivity contribution in [3.63, 3.8) is 0 Å². The van der Waals surface area contributed by atoms with Gasteiger partial charge < -0.3 is 16.4 Å². The van der Waals surface area contributed by atoms with Crippen LogP contribution < -0.4 is 16.4 Å². The smallest absolute Gasteiger partial charge is 0.269 e. The van der Waals surface area contributed by atoms with Crippen molar-refractivity contribution < 1.29 is 14.4 Å². The molecule has 3 aromatic rings. The van der Waals surface area contributed by atoms with Gasteiger partial charge in [-0.25, -0.2) is 4.68 Å². The molecule has 0 aliphatic heterocycles. The molecule has 0 aliphatic rings. The Kier molecular flexibility index (Phi) is 6.81. The highest BCUT2D eigenvalue weighted by Gasteiger charge is 2.23. The average Bonchev–Trinajstić information content (AvgIpc) is 3.23. The fourth-order valence-electron chi connectivity index (χ4n) is 3.05. The number of primary amides is 1. The number of nitrogens with one attached hydrogen (secondary N) is 2. The van der Waals surface area contributed by atoms with Crippen molar-refractivity contribution in [2.45, 2.75) is 26.3 Å². The summed E-state index contributed by atoms with van der Waals surface area (Å²) < 4.78 is 1.52. The van der Waals surface area contributed by atoms with Crippen molar-refractivity contribution >= 4 is 23.4 Å². The summed E-state index contributed by atoms with van der Waals surface area (Å²) in [7, 11) is 0. The van der Waals surface area contributed by atoms with Gasteiger partial charge in [-0.15, -0.1) is 0 Å². The van der Waals surface area contributed by atoms with E-state index in [4.69, 9.17) is 5.73 Å². The molecule has 3 rings (SSSR count). The van der Waals surface area contributed by atoms with Gasteiger partial charge in [-0.3, -0.25) is 14.4 Å². The molecule has 1 unspecified atom stereocenters. The second-order valence-corrected chi connectivity index (χ2v) is 7.56. The van der Waals surface area contributed by atoms with E-state index >= 15 is 0 Å². The fourth-order valence-corrected chi connectivity index (χ4v) is 3.05. The zero-order valence-corrected chi connectivity index (χ0v) is 17.4. The summed E-state index contributed by atoms with van der Waals surface area (Å²) in [5, 5.41) is 9.77. The minimum atomic E-state index is -0.809. The molecule has 0 aliphatic carbocycles. The predicted octanol–water partition coefficient (Wildman–Crippen LogP) is 2.81. The van der Waals surface area contributed by atoms with Crippen molar-refractivity contribution in [3.05, 3.63) is 78.1 Å². The number of nitrogens with two attached hydrogens (primary N) is 1. The predicted molar refractivity (Wildman–Crippen MR) is 117 cm³/mol. The lowest BCUT2D eigenvalue weighted by molar-refractivity contribution is -0.127. The molecule has 0 spiro atoms. The van der Waals surface area contributed by atoms with E-state index < -0.39 is 11.9 Å². The lowest BCUT2D eigenvalue weighted by atomic mass is 10.0. The molecule has 1 atom stereocenters. The molecule has 8 heteroatoms. The van der Waals surface area contributed by atoms with E-state index in [0.717, 1.165) is 0 Å². The van der Waals surface area contributed by atoms with Crippen LogP contribution in [0.4, 0.5) is 5.69 Å². The lowest BCUT2D eigenvalue weighted by Crippen LogP contribution is -2.37. The minimum absolute atomic E-state index is 0.167. The normalized spacial score (nSPS) is 11.7. The van der Waals surface area contributed by atoms with Gasteiger partial charge in [-0.2, -0.15) is 5.10 Å². The first-order valence-electron chi connectivity index (χ1n) is 9.94. The maximum Gasteiger partial charge on any atom is 0.269 e. The molecule has 2 aromatic carbocycles. The van der Waals surface area contributed by atoms with Gasteiger partial charge in [0.15, 0.2) is 0 Å². The molecule has 31 heavy (non-hydrogen) atoms. The Morgan fingerprint density at radius 2 is 1.68 bits per heavy atom. The number of amides is 3. The van der Waals surface area contributed by atoms with Crippen LogP contribution in [0.25, 0.3) is 5.69 Å². The third-order valence-corrected chi connectivity index (χ3v) is 4.53. The summed E-state index contributed by atoms with van der Waals surface area (Å²) in [6.07, 6.45) is 1.96. The maximum absolute atomic E-state index is 13.0. The first kappa shape index (κ1) is 21.8. The Bertz CT molecular complexity index is 1060. The van der Waals surface area contributed by atoms with Crippen LogP contribution in [0.1, 0.15) is 42.4 Å². The quantitative estimate of drug-likeness (QED) is 0.520. The fraction of sp³-hybridized carbons (Fsp3) is 0.217. The Morgan fingerprint density at radius 1 is 1.00 bits per heavy atom. The monoisotopic (exact) mass is 419 g/mol. The zero-order valence-electron chi connectivity index (χ0n) is 17.4. The van der Waals surface area contributed by atoms with Crippen molar-refractivity contribution in [1.82, 2.24) is 15.1 Å². The molecule has 0 saturated carbocycles. The van der Waals surface area contributed by atoms with Crippen molar-refractivity contribution in [2.75, 3.05) is 5.32 Å². The van der Waals surface area contributed by atoms with Crippen LogP contribution in [0.15, 0.2) is 66.9 Å². The Balaban J connectivity index is 1.74. The first-order chi connectivity index (χ1) is 14.8. The van der Waals surface area contributed by atoms with Gasteiger partial charge in [0, 0.05) is 18.3 Å². The van der Waals surface area contributed by atoms with Gasteiger partial charge in [0.2, 0.25) is 5.91 Å². The molecule has 0 bridgehead atoms. The number of hydrogen-bond donors (Lipinski definition) is 3. The minimum Gasteiger partial charge on any atom is -0.364 e. The standard InChI is InChI=1S/C23H25N5O3/c1-15(2)14-20(29)26-21(16-6-4-3-5-7-16)23(31)25-17-8-10-18(11-9-17)28-13-12-19(27-28)22(24)30/h3-13,15,21H,14H2,1-2H3,(H2,24,30)(H,25,31)(H,26,29). The van der Waals surface area contributed by atoms with Gasteiger partial charge in [-0.05, 0) is 41.8 Å². The van der Waals surface area contributed by atoms with E-state index in [1.165, 1.54) is 10.7 Å². The van der Waals surface area contributed by atoms with Gasteiger partial charge in [0.1, 0.15) is 11.7 Å². The van der Waals surface area contributed by atoms with Crippen molar-refractivity contribution in [3.8, 4) is 5.69 Å². The summed E-state index contributed by atoms with van der Waals surface area (Å²) in [5.41, 5.74) is 7.36. The molecule has 1 heterocycles. The Morgan fingerprint density at radius 3 is 2.26 bits per heavy atom. The molecule has 0 fully saturated rings.